The lowest BCUT2D eigenvalue weighted by atomic mass is 9.91. The van der Waals surface area contributed by atoms with Crippen molar-refractivity contribution in [1.82, 2.24) is 5.32 Å². The van der Waals surface area contributed by atoms with Crippen LogP contribution in [0.3, 0.4) is 0 Å². The van der Waals surface area contributed by atoms with Crippen molar-refractivity contribution in [3.05, 3.63) is 0 Å². The minimum atomic E-state index is -8.41. The molecule has 0 aliphatic carbocycles. The van der Waals surface area contributed by atoms with Crippen LogP contribution in [0.2, 0.25) is 0 Å². The number of carbonyl (C=O) groups is 1. The number of hydrogen-bond donors (Lipinski definition) is 1. The van der Waals surface area contributed by atoms with Crippen molar-refractivity contribution in [3.63, 3.8) is 0 Å². The van der Waals surface area contributed by atoms with Gasteiger partial charge in [0.1, 0.15) is 0 Å². The van der Waals surface area contributed by atoms with Crippen LogP contribution < -0.4 is 5.32 Å². The lowest BCUT2D eigenvalue weighted by molar-refractivity contribution is -0.870. The molecule has 0 aromatic rings. The van der Waals surface area contributed by atoms with Gasteiger partial charge in [0.15, 0.2) is 0 Å². The van der Waals surface area contributed by atoms with E-state index in [-0.39, 0.29) is 17.4 Å². The molecule has 0 heterocycles. The van der Waals surface area contributed by atoms with Crippen molar-refractivity contribution < 1.29 is 75.1 Å². The Morgan fingerprint density at radius 3 is 1.31 bits per heavy atom. The fraction of sp³-hybridized carbons (Fsp3) is 0.929. The van der Waals surface area contributed by atoms with Gasteiger partial charge in [-0.15, -0.1) is 0 Å². The van der Waals surface area contributed by atoms with Crippen molar-refractivity contribution in [1.29, 1.82) is 0 Å². The Kier molecular flexibility index (Phi) is 7.88. The van der Waals surface area contributed by atoms with Gasteiger partial charge >= 0.3 is 41.7 Å². The molecule has 3 nitrogen and oxygen atoms in total. The maximum absolute atomic E-state index is 13.6. The summed E-state index contributed by atoms with van der Waals surface area (Å²) in [7, 11) is 4.60. The number of hydrogen-bond acceptors (Lipinski definition) is 1. The predicted octanol–water partition coefficient (Wildman–Crippen LogP) is 4.57. The number of alkyl halides is 15. The van der Waals surface area contributed by atoms with Crippen LogP contribution in [0.1, 0.15) is 6.42 Å². The van der Waals surface area contributed by atoms with E-state index in [1.165, 1.54) is 21.1 Å². The molecule has 0 radical (unpaired) electrons. The van der Waals surface area contributed by atoms with Crippen LogP contribution in [-0.4, -0.2) is 86.3 Å². The van der Waals surface area contributed by atoms with Crippen LogP contribution in [-0.2, 0) is 4.79 Å². The number of nitrogens with one attached hydrogen (secondary N) is 1. The van der Waals surface area contributed by atoms with Crippen LogP contribution >= 0.6 is 0 Å². The molecule has 0 unspecified atom stereocenters. The Bertz CT molecular complexity index is 679. The minimum Gasteiger partial charge on any atom is -0.350 e. The normalized spacial score (nSPS) is 15.7. The molecular weight excluding hydrogens is 497 g/mol. The number of quaternary nitrogens is 1. The zero-order chi connectivity index (χ0) is 26.4. The van der Waals surface area contributed by atoms with Crippen LogP contribution in [0.15, 0.2) is 0 Å². The van der Waals surface area contributed by atoms with E-state index in [1.54, 1.807) is 0 Å². The SMILES string of the molecule is C[N+](C)(C)CCCNC(=O)C(F)(F)C(F)(F)C(F)(F)C(F)(F)C(F)(F)C(F)(F)C(F)(F)F. The third-order valence-electron chi connectivity index (χ3n) is 3.90. The second-order valence-electron chi connectivity index (χ2n) is 7.57. The van der Waals surface area contributed by atoms with E-state index in [0.717, 1.165) is 5.32 Å². The molecule has 0 rings (SSSR count). The molecule has 32 heavy (non-hydrogen) atoms. The largest absolute Gasteiger partial charge is 0.460 e. The maximum atomic E-state index is 13.6. The zero-order valence-corrected chi connectivity index (χ0v) is 16.1. The summed E-state index contributed by atoms with van der Waals surface area (Å²) in [5, 5.41) is 0.946. The summed E-state index contributed by atoms with van der Waals surface area (Å²) >= 11 is 0. The molecule has 0 aliphatic heterocycles. The average molecular weight is 513 g/mol. The average Bonchev–Trinajstić information content (AvgIpc) is 2.55. The molecule has 1 N–H and O–H groups in total. The number of carbonyl (C=O) groups excluding carboxylic acids is 1. The smallest absolute Gasteiger partial charge is 0.350 e. The number of rotatable bonds is 10. The van der Waals surface area contributed by atoms with Crippen molar-refractivity contribution >= 4 is 5.91 Å². The predicted molar refractivity (Wildman–Crippen MR) is 76.3 cm³/mol. The summed E-state index contributed by atoms with van der Waals surface area (Å²) in [5.41, 5.74) is 0. The van der Waals surface area contributed by atoms with Gasteiger partial charge in [-0.25, -0.2) is 0 Å². The van der Waals surface area contributed by atoms with Crippen LogP contribution in [0.5, 0.6) is 0 Å². The maximum Gasteiger partial charge on any atom is 0.460 e. The lowest BCUT2D eigenvalue weighted by Crippen LogP contribution is -2.74. The number of nitrogens with zero attached hydrogens (tertiary/aromatic N) is 1. The molecule has 0 aliphatic rings. The number of amides is 1. The fourth-order valence-corrected chi connectivity index (χ4v) is 1.98. The van der Waals surface area contributed by atoms with E-state index < -0.39 is 54.2 Å². The first-order valence-corrected chi connectivity index (χ1v) is 8.05. The standard InChI is InChI=1S/C14H15F15N2O/c1-31(2,3)6-4-5-30-7(32)8(15,16)9(17,18)10(19,20)11(21,22)12(23,24)13(25,26)14(27,28)29/h4-6H2,1-3H3/p+1. The lowest BCUT2D eigenvalue weighted by Gasteiger charge is -2.41. The summed E-state index contributed by atoms with van der Waals surface area (Å²) in [6.07, 6.45) is -7.93. The highest BCUT2D eigenvalue weighted by atomic mass is 19.4. The van der Waals surface area contributed by atoms with Gasteiger partial charge in [-0.05, 0) is 0 Å². The summed E-state index contributed by atoms with van der Waals surface area (Å²) in [5.74, 6) is -51.2. The van der Waals surface area contributed by atoms with E-state index >= 15 is 0 Å². The first kappa shape index (κ1) is 30.4. The highest BCUT2D eigenvalue weighted by Crippen LogP contribution is 2.62. The van der Waals surface area contributed by atoms with Gasteiger partial charge in [0, 0.05) is 13.0 Å². The molecule has 0 aromatic carbocycles. The van der Waals surface area contributed by atoms with Gasteiger partial charge in [-0.3, -0.25) is 4.79 Å². The van der Waals surface area contributed by atoms with Gasteiger partial charge in [-0.2, -0.15) is 65.9 Å². The van der Waals surface area contributed by atoms with Gasteiger partial charge in [-0.1, -0.05) is 0 Å². The van der Waals surface area contributed by atoms with Crippen molar-refractivity contribution in [2.75, 3.05) is 34.2 Å². The van der Waals surface area contributed by atoms with Crippen LogP contribution in [0, 0.1) is 0 Å². The first-order chi connectivity index (χ1) is 13.6. The highest BCUT2D eigenvalue weighted by Gasteiger charge is 2.94. The van der Waals surface area contributed by atoms with Crippen molar-refractivity contribution in [2.45, 2.75) is 48.1 Å². The van der Waals surface area contributed by atoms with Crippen LogP contribution in [0.25, 0.3) is 0 Å². The van der Waals surface area contributed by atoms with E-state index in [4.69, 9.17) is 0 Å². The van der Waals surface area contributed by atoms with E-state index in [1.807, 2.05) is 0 Å². The summed E-state index contributed by atoms with van der Waals surface area (Å²) in [6, 6.07) is 0. The zero-order valence-electron chi connectivity index (χ0n) is 16.1. The molecule has 1 amide bonds. The molecule has 192 valence electrons. The fourth-order valence-electron chi connectivity index (χ4n) is 1.98. The molecule has 0 aromatic heterocycles. The van der Waals surface area contributed by atoms with Crippen molar-refractivity contribution in [2.24, 2.45) is 0 Å². The topological polar surface area (TPSA) is 29.1 Å². The molecule has 0 atom stereocenters. The number of halogens is 15. The van der Waals surface area contributed by atoms with E-state index in [0.29, 0.717) is 0 Å². The van der Waals surface area contributed by atoms with E-state index in [2.05, 4.69) is 0 Å². The Morgan fingerprint density at radius 2 is 0.969 bits per heavy atom. The third kappa shape index (κ3) is 4.83. The Balaban J connectivity index is 6.07. The Morgan fingerprint density at radius 1 is 0.625 bits per heavy atom. The molecule has 18 heteroatoms. The highest BCUT2D eigenvalue weighted by molar-refractivity contribution is 5.84. The Labute approximate surface area is 170 Å². The van der Waals surface area contributed by atoms with Gasteiger partial charge < -0.3 is 9.80 Å². The second kappa shape index (κ2) is 8.30. The molecule has 0 saturated carbocycles. The van der Waals surface area contributed by atoms with Gasteiger partial charge in [0.25, 0.3) is 5.91 Å². The molecule has 0 fully saturated rings. The van der Waals surface area contributed by atoms with Crippen molar-refractivity contribution in [3.8, 4) is 0 Å². The quantitative estimate of drug-likeness (QED) is 0.259. The monoisotopic (exact) mass is 513 g/mol. The molecule has 0 spiro atoms. The molecular formula is C14H16F15N2O+. The summed E-state index contributed by atoms with van der Waals surface area (Å²) < 4.78 is 195. The first-order valence-electron chi connectivity index (χ1n) is 8.05. The van der Waals surface area contributed by atoms with Crippen LogP contribution in [0.4, 0.5) is 65.9 Å². The minimum absolute atomic E-state index is 0.0647. The third-order valence-corrected chi connectivity index (χ3v) is 3.90. The van der Waals surface area contributed by atoms with E-state index in [9.17, 15) is 70.7 Å². The molecule has 0 bridgehead atoms. The van der Waals surface area contributed by atoms with Gasteiger partial charge in [0.05, 0.1) is 27.7 Å². The Hall–Kier alpha value is -1.62. The summed E-state index contributed by atoms with van der Waals surface area (Å²) in [6.45, 7) is -0.862. The molecule has 0 saturated heterocycles. The van der Waals surface area contributed by atoms with Gasteiger partial charge in [0.2, 0.25) is 0 Å². The second-order valence-corrected chi connectivity index (χ2v) is 7.57. The summed E-state index contributed by atoms with van der Waals surface area (Å²) in [4.78, 5) is 11.2.